The molecular formula is C27H29NO2S. The van der Waals surface area contributed by atoms with Crippen LogP contribution in [0.2, 0.25) is 0 Å². The van der Waals surface area contributed by atoms with Gasteiger partial charge < -0.3 is 4.74 Å². The van der Waals surface area contributed by atoms with Crippen LogP contribution in [-0.4, -0.2) is 10.8 Å². The number of aromatic nitrogens is 1. The van der Waals surface area contributed by atoms with Crippen molar-refractivity contribution in [2.24, 2.45) is 5.92 Å². The standard InChI is InChI=1S/C27H29NO2S/c1-4-6-22-14-23-15-25(18(2)19(3)26(23)27(22)29)30-16-20-7-5-8-21(13-20)17-31-24-9-11-28-12-10-24/h5,7-13,15,22H,4,6,14,16-17H2,1-3H3. The van der Waals surface area contributed by atoms with Crippen LogP contribution in [-0.2, 0) is 18.8 Å². The van der Waals surface area contributed by atoms with Gasteiger partial charge in [0.2, 0.25) is 0 Å². The zero-order chi connectivity index (χ0) is 21.8. The molecule has 0 N–H and O–H groups in total. The fourth-order valence-electron chi connectivity index (χ4n) is 4.32. The molecule has 0 fully saturated rings. The molecule has 0 radical (unpaired) electrons. The number of hydrogen-bond donors (Lipinski definition) is 0. The minimum Gasteiger partial charge on any atom is -0.489 e. The van der Waals surface area contributed by atoms with Crippen LogP contribution in [0.3, 0.4) is 0 Å². The normalized spacial score (nSPS) is 15.2. The van der Waals surface area contributed by atoms with Gasteiger partial charge in [-0.25, -0.2) is 0 Å². The number of ketones is 1. The van der Waals surface area contributed by atoms with Gasteiger partial charge in [0.25, 0.3) is 0 Å². The lowest BCUT2D eigenvalue weighted by Crippen LogP contribution is -2.09. The molecule has 4 rings (SSSR count). The first kappa shape index (κ1) is 21.6. The zero-order valence-electron chi connectivity index (χ0n) is 18.5. The number of carbonyl (C=O) groups excluding carboxylic acids is 1. The summed E-state index contributed by atoms with van der Waals surface area (Å²) < 4.78 is 6.25. The molecule has 3 aromatic rings. The Morgan fingerprint density at radius 2 is 1.84 bits per heavy atom. The van der Waals surface area contributed by atoms with Gasteiger partial charge in [-0.2, -0.15) is 0 Å². The molecule has 0 saturated heterocycles. The number of pyridine rings is 1. The SMILES string of the molecule is CCCC1Cc2cc(OCc3cccc(CSc4ccncc4)c3)c(C)c(C)c2C1=O. The van der Waals surface area contributed by atoms with Crippen molar-refractivity contribution in [1.29, 1.82) is 0 Å². The number of rotatable bonds is 8. The fourth-order valence-corrected chi connectivity index (χ4v) is 5.15. The first-order chi connectivity index (χ1) is 15.1. The van der Waals surface area contributed by atoms with Crippen molar-refractivity contribution in [3.63, 3.8) is 0 Å². The first-order valence-electron chi connectivity index (χ1n) is 11.0. The summed E-state index contributed by atoms with van der Waals surface area (Å²) in [5, 5.41) is 0. The molecule has 0 saturated carbocycles. The van der Waals surface area contributed by atoms with Gasteiger partial charge in [-0.3, -0.25) is 9.78 Å². The van der Waals surface area contributed by atoms with E-state index < -0.39 is 0 Å². The average Bonchev–Trinajstić information content (AvgIpc) is 3.10. The van der Waals surface area contributed by atoms with Crippen molar-refractivity contribution >= 4 is 17.5 Å². The quantitative estimate of drug-likeness (QED) is 0.371. The molecule has 3 nitrogen and oxygen atoms in total. The summed E-state index contributed by atoms with van der Waals surface area (Å²) in [6.45, 7) is 6.79. The zero-order valence-corrected chi connectivity index (χ0v) is 19.3. The second kappa shape index (κ2) is 9.69. The van der Waals surface area contributed by atoms with Gasteiger partial charge in [0.15, 0.2) is 5.78 Å². The molecule has 4 heteroatoms. The van der Waals surface area contributed by atoms with Crippen molar-refractivity contribution in [1.82, 2.24) is 4.98 Å². The minimum absolute atomic E-state index is 0.142. The number of ether oxygens (including phenoxy) is 1. The van der Waals surface area contributed by atoms with Gasteiger partial charge in [-0.1, -0.05) is 37.6 Å². The van der Waals surface area contributed by atoms with Crippen LogP contribution in [0, 0.1) is 19.8 Å². The Labute approximate surface area is 189 Å². The summed E-state index contributed by atoms with van der Waals surface area (Å²) >= 11 is 1.81. The van der Waals surface area contributed by atoms with Gasteiger partial charge in [-0.15, -0.1) is 11.8 Å². The van der Waals surface area contributed by atoms with E-state index in [-0.39, 0.29) is 5.92 Å². The van der Waals surface area contributed by atoms with E-state index in [4.69, 9.17) is 4.74 Å². The van der Waals surface area contributed by atoms with Crippen molar-refractivity contribution in [3.8, 4) is 5.75 Å². The lowest BCUT2D eigenvalue weighted by molar-refractivity contribution is 0.0930. The maximum atomic E-state index is 12.8. The summed E-state index contributed by atoms with van der Waals surface area (Å²) in [7, 11) is 0. The Morgan fingerprint density at radius 3 is 2.61 bits per heavy atom. The van der Waals surface area contributed by atoms with Crippen LogP contribution in [0.1, 0.15) is 57.9 Å². The van der Waals surface area contributed by atoms with E-state index in [0.29, 0.717) is 12.4 Å². The number of hydrogen-bond acceptors (Lipinski definition) is 4. The third-order valence-corrected chi connectivity index (χ3v) is 7.18. The topological polar surface area (TPSA) is 39.2 Å². The number of benzene rings is 2. The summed E-state index contributed by atoms with van der Waals surface area (Å²) in [6, 6.07) is 14.7. The number of thioether (sulfide) groups is 1. The van der Waals surface area contributed by atoms with E-state index in [1.807, 2.05) is 24.5 Å². The largest absolute Gasteiger partial charge is 0.489 e. The Bertz CT molecular complexity index is 1080. The van der Waals surface area contributed by atoms with E-state index in [2.05, 4.69) is 56.1 Å². The predicted octanol–water partition coefficient (Wildman–Crippen LogP) is 6.72. The smallest absolute Gasteiger partial charge is 0.166 e. The number of Topliss-reactive ketones (excluding diaryl/α,β-unsaturated/α-hetero) is 1. The minimum atomic E-state index is 0.142. The van der Waals surface area contributed by atoms with E-state index in [0.717, 1.165) is 58.6 Å². The summed E-state index contributed by atoms with van der Waals surface area (Å²) in [5.74, 6) is 2.28. The van der Waals surface area contributed by atoms with Crippen molar-refractivity contribution in [2.75, 3.05) is 0 Å². The summed E-state index contributed by atoms with van der Waals surface area (Å²) in [4.78, 5) is 18.1. The predicted molar refractivity (Wildman–Crippen MR) is 127 cm³/mol. The van der Waals surface area contributed by atoms with E-state index in [1.54, 1.807) is 11.8 Å². The highest BCUT2D eigenvalue weighted by atomic mass is 32.2. The van der Waals surface area contributed by atoms with E-state index in [1.165, 1.54) is 10.5 Å². The molecule has 0 spiro atoms. The molecule has 0 amide bonds. The van der Waals surface area contributed by atoms with Crippen molar-refractivity contribution in [3.05, 3.63) is 88.2 Å². The number of nitrogens with zero attached hydrogens (tertiary/aromatic N) is 1. The van der Waals surface area contributed by atoms with Crippen LogP contribution in [0.4, 0.5) is 0 Å². The van der Waals surface area contributed by atoms with Gasteiger partial charge in [0, 0.05) is 34.5 Å². The van der Waals surface area contributed by atoms with Crippen LogP contribution >= 0.6 is 11.8 Å². The second-order valence-corrected chi connectivity index (χ2v) is 9.34. The maximum absolute atomic E-state index is 12.8. The molecule has 1 aliphatic rings. The monoisotopic (exact) mass is 431 g/mol. The highest BCUT2D eigenvalue weighted by Crippen LogP contribution is 2.37. The Kier molecular flexibility index (Phi) is 6.77. The molecule has 2 aromatic carbocycles. The van der Waals surface area contributed by atoms with Gasteiger partial charge >= 0.3 is 0 Å². The molecule has 0 bridgehead atoms. The number of fused-ring (bicyclic) bond motifs is 1. The average molecular weight is 432 g/mol. The molecule has 1 aliphatic carbocycles. The molecule has 1 unspecified atom stereocenters. The summed E-state index contributed by atoms with van der Waals surface area (Å²) in [5.41, 5.74) is 6.69. The van der Waals surface area contributed by atoms with Gasteiger partial charge in [-0.05, 0) is 72.7 Å². The van der Waals surface area contributed by atoms with Crippen LogP contribution in [0.25, 0.3) is 0 Å². The van der Waals surface area contributed by atoms with Gasteiger partial charge in [0.1, 0.15) is 12.4 Å². The highest BCUT2D eigenvalue weighted by Gasteiger charge is 2.32. The molecule has 1 aromatic heterocycles. The summed E-state index contributed by atoms with van der Waals surface area (Å²) in [6.07, 6.45) is 6.51. The van der Waals surface area contributed by atoms with Gasteiger partial charge in [0.05, 0.1) is 0 Å². The van der Waals surface area contributed by atoms with Crippen molar-refractivity contribution in [2.45, 2.75) is 57.3 Å². The third kappa shape index (κ3) is 4.85. The highest BCUT2D eigenvalue weighted by molar-refractivity contribution is 7.98. The molecule has 0 aliphatic heterocycles. The Balaban J connectivity index is 1.45. The van der Waals surface area contributed by atoms with Crippen molar-refractivity contribution < 1.29 is 9.53 Å². The Morgan fingerprint density at radius 1 is 1.06 bits per heavy atom. The molecule has 1 atom stereocenters. The third-order valence-electron chi connectivity index (χ3n) is 6.10. The lowest BCUT2D eigenvalue weighted by atomic mass is 9.96. The molecular weight excluding hydrogens is 402 g/mol. The first-order valence-corrected chi connectivity index (χ1v) is 12.0. The second-order valence-electron chi connectivity index (χ2n) is 8.29. The molecule has 31 heavy (non-hydrogen) atoms. The van der Waals surface area contributed by atoms with Crippen LogP contribution in [0.15, 0.2) is 59.8 Å². The van der Waals surface area contributed by atoms with E-state index >= 15 is 0 Å². The van der Waals surface area contributed by atoms with Crippen LogP contribution < -0.4 is 4.74 Å². The Hall–Kier alpha value is -2.59. The maximum Gasteiger partial charge on any atom is 0.166 e. The fraction of sp³-hybridized carbons (Fsp3) is 0.333. The number of carbonyl (C=O) groups is 1. The lowest BCUT2D eigenvalue weighted by Gasteiger charge is -2.15. The van der Waals surface area contributed by atoms with Crippen LogP contribution in [0.5, 0.6) is 5.75 Å². The molecule has 160 valence electrons. The van der Waals surface area contributed by atoms with E-state index in [9.17, 15) is 4.79 Å². The molecule has 1 heterocycles.